The van der Waals surface area contributed by atoms with Gasteiger partial charge in [-0.05, 0) is 24.1 Å². The van der Waals surface area contributed by atoms with Crippen LogP contribution in [0.5, 0.6) is 0 Å². The van der Waals surface area contributed by atoms with Crippen molar-refractivity contribution in [1.29, 1.82) is 0 Å². The third-order valence-corrected chi connectivity index (χ3v) is 3.17. The Morgan fingerprint density at radius 2 is 2.05 bits per heavy atom. The number of nitrogens with zero attached hydrogens (tertiary/aromatic N) is 1. The van der Waals surface area contributed by atoms with E-state index in [1.165, 1.54) is 12.1 Å². The second-order valence-electron chi connectivity index (χ2n) is 4.38. The van der Waals surface area contributed by atoms with Gasteiger partial charge in [-0.25, -0.2) is 9.78 Å². The molecule has 0 aliphatic heterocycles. The van der Waals surface area contributed by atoms with Gasteiger partial charge in [-0.1, -0.05) is 48.9 Å². The van der Waals surface area contributed by atoms with Crippen LogP contribution >= 0.6 is 11.6 Å². The van der Waals surface area contributed by atoms with Crippen molar-refractivity contribution < 1.29 is 9.90 Å². The third kappa shape index (κ3) is 3.48. The molecule has 0 aliphatic carbocycles. The van der Waals surface area contributed by atoms with E-state index in [-0.39, 0.29) is 16.8 Å². The van der Waals surface area contributed by atoms with E-state index >= 15 is 0 Å². The topological polar surface area (TPSA) is 62.2 Å². The van der Waals surface area contributed by atoms with Crippen LogP contribution in [0.1, 0.15) is 35.3 Å². The van der Waals surface area contributed by atoms with Crippen LogP contribution in [0.3, 0.4) is 0 Å². The molecular formula is C15H15ClN2O2. The van der Waals surface area contributed by atoms with E-state index in [0.717, 1.165) is 12.0 Å². The van der Waals surface area contributed by atoms with Gasteiger partial charge in [-0.2, -0.15) is 0 Å². The second kappa shape index (κ2) is 6.39. The number of pyridine rings is 1. The van der Waals surface area contributed by atoms with Gasteiger partial charge in [0.05, 0.1) is 11.6 Å². The molecule has 0 aliphatic rings. The third-order valence-electron chi connectivity index (χ3n) is 2.97. The van der Waals surface area contributed by atoms with Gasteiger partial charge in [-0.15, -0.1) is 0 Å². The van der Waals surface area contributed by atoms with E-state index in [9.17, 15) is 4.79 Å². The van der Waals surface area contributed by atoms with E-state index in [1.807, 2.05) is 37.3 Å². The molecule has 5 heteroatoms. The fourth-order valence-corrected chi connectivity index (χ4v) is 2.19. The summed E-state index contributed by atoms with van der Waals surface area (Å²) in [5.41, 5.74) is 1.24. The first kappa shape index (κ1) is 14.3. The quantitative estimate of drug-likeness (QED) is 0.817. The zero-order valence-electron chi connectivity index (χ0n) is 11.0. The molecule has 1 unspecified atom stereocenters. The normalized spacial score (nSPS) is 11.9. The Labute approximate surface area is 122 Å². The lowest BCUT2D eigenvalue weighted by atomic mass is 10.0. The minimum absolute atomic E-state index is 0.0591. The lowest BCUT2D eigenvalue weighted by molar-refractivity contribution is 0.0697. The average Bonchev–Trinajstić information content (AvgIpc) is 2.45. The minimum Gasteiger partial charge on any atom is -0.478 e. The fourth-order valence-electron chi connectivity index (χ4n) is 1.98. The molecule has 20 heavy (non-hydrogen) atoms. The number of nitrogens with one attached hydrogen (secondary N) is 1. The first-order valence-corrected chi connectivity index (χ1v) is 6.70. The van der Waals surface area contributed by atoms with E-state index in [2.05, 4.69) is 10.3 Å². The Morgan fingerprint density at radius 3 is 2.65 bits per heavy atom. The van der Waals surface area contributed by atoms with Gasteiger partial charge >= 0.3 is 5.97 Å². The molecule has 0 saturated carbocycles. The van der Waals surface area contributed by atoms with Crippen molar-refractivity contribution in [2.24, 2.45) is 0 Å². The fraction of sp³-hybridized carbons (Fsp3) is 0.200. The van der Waals surface area contributed by atoms with Crippen molar-refractivity contribution >= 4 is 23.4 Å². The first-order valence-electron chi connectivity index (χ1n) is 6.32. The van der Waals surface area contributed by atoms with Crippen LogP contribution in [0.2, 0.25) is 5.15 Å². The Hall–Kier alpha value is -2.07. The molecule has 2 rings (SSSR count). The second-order valence-corrected chi connectivity index (χ2v) is 4.77. The number of hydrogen-bond acceptors (Lipinski definition) is 3. The van der Waals surface area contributed by atoms with E-state index < -0.39 is 5.97 Å². The van der Waals surface area contributed by atoms with Gasteiger partial charge in [0, 0.05) is 0 Å². The lowest BCUT2D eigenvalue weighted by Crippen LogP contribution is -2.11. The van der Waals surface area contributed by atoms with Gasteiger partial charge in [0.1, 0.15) is 11.0 Å². The van der Waals surface area contributed by atoms with E-state index in [1.54, 1.807) is 0 Å². The number of aromatic nitrogens is 1. The number of benzene rings is 1. The highest BCUT2D eigenvalue weighted by Crippen LogP contribution is 2.23. The van der Waals surface area contributed by atoms with E-state index in [4.69, 9.17) is 16.7 Å². The van der Waals surface area contributed by atoms with Gasteiger partial charge in [-0.3, -0.25) is 0 Å². The summed E-state index contributed by atoms with van der Waals surface area (Å²) in [6.07, 6.45) is 0.848. The lowest BCUT2D eigenvalue weighted by Gasteiger charge is -2.18. The van der Waals surface area contributed by atoms with Crippen molar-refractivity contribution in [3.63, 3.8) is 0 Å². The standard InChI is InChI=1S/C15H15ClN2O2/c1-2-12(10-6-4-3-5-7-10)17-14-9-11(15(19)20)8-13(16)18-14/h3-9,12H,2H2,1H3,(H,17,18)(H,19,20). The molecule has 2 N–H and O–H groups in total. The van der Waals surface area contributed by atoms with Gasteiger partial charge in [0.2, 0.25) is 0 Å². The number of aromatic carboxylic acids is 1. The maximum Gasteiger partial charge on any atom is 0.335 e. The van der Waals surface area contributed by atoms with Gasteiger partial charge in [0.25, 0.3) is 0 Å². The molecule has 4 nitrogen and oxygen atoms in total. The largest absolute Gasteiger partial charge is 0.478 e. The molecular weight excluding hydrogens is 276 g/mol. The van der Waals surface area contributed by atoms with Crippen LogP contribution in [0.25, 0.3) is 0 Å². The van der Waals surface area contributed by atoms with Crippen LogP contribution in [-0.2, 0) is 0 Å². The Bertz CT molecular complexity index is 602. The summed E-state index contributed by atoms with van der Waals surface area (Å²) in [6.45, 7) is 2.05. The Balaban J connectivity index is 2.26. The van der Waals surface area contributed by atoms with E-state index in [0.29, 0.717) is 5.82 Å². The summed E-state index contributed by atoms with van der Waals surface area (Å²) >= 11 is 5.85. The molecule has 0 spiro atoms. The highest BCUT2D eigenvalue weighted by Gasteiger charge is 2.12. The molecule has 1 heterocycles. The number of anilines is 1. The monoisotopic (exact) mass is 290 g/mol. The highest BCUT2D eigenvalue weighted by atomic mass is 35.5. The molecule has 104 valence electrons. The average molecular weight is 291 g/mol. The Kier molecular flexibility index (Phi) is 4.58. The molecule has 0 radical (unpaired) electrons. The molecule has 0 bridgehead atoms. The van der Waals surface area contributed by atoms with Crippen LogP contribution in [0.4, 0.5) is 5.82 Å². The van der Waals surface area contributed by atoms with Crippen molar-refractivity contribution in [2.45, 2.75) is 19.4 Å². The summed E-state index contributed by atoms with van der Waals surface area (Å²) in [6, 6.07) is 12.8. The van der Waals surface area contributed by atoms with Crippen LogP contribution < -0.4 is 5.32 Å². The smallest absolute Gasteiger partial charge is 0.335 e. The molecule has 2 aromatic rings. The number of rotatable bonds is 5. The minimum atomic E-state index is -1.02. The summed E-state index contributed by atoms with van der Waals surface area (Å²) < 4.78 is 0. The van der Waals surface area contributed by atoms with Gasteiger partial charge < -0.3 is 10.4 Å². The Morgan fingerprint density at radius 1 is 1.35 bits per heavy atom. The van der Waals surface area contributed by atoms with Crippen LogP contribution in [0, 0.1) is 0 Å². The molecule has 1 atom stereocenters. The molecule has 1 aromatic carbocycles. The number of hydrogen-bond donors (Lipinski definition) is 2. The maximum absolute atomic E-state index is 11.0. The first-order chi connectivity index (χ1) is 9.60. The maximum atomic E-state index is 11.0. The zero-order chi connectivity index (χ0) is 14.5. The molecule has 0 fully saturated rings. The number of carboxylic acid groups (broad SMARTS) is 1. The molecule has 1 aromatic heterocycles. The van der Waals surface area contributed by atoms with Gasteiger partial charge in [0.15, 0.2) is 0 Å². The highest BCUT2D eigenvalue weighted by molar-refractivity contribution is 6.29. The summed E-state index contributed by atoms with van der Waals surface area (Å²) in [5.74, 6) is -0.560. The van der Waals surface area contributed by atoms with Crippen LogP contribution in [0.15, 0.2) is 42.5 Å². The van der Waals surface area contributed by atoms with Crippen molar-refractivity contribution in [3.05, 3.63) is 58.7 Å². The predicted octanol–water partition coefficient (Wildman–Crippen LogP) is 4.00. The van der Waals surface area contributed by atoms with Crippen molar-refractivity contribution in [1.82, 2.24) is 4.98 Å². The number of carboxylic acids is 1. The van der Waals surface area contributed by atoms with Crippen LogP contribution in [-0.4, -0.2) is 16.1 Å². The molecule has 0 amide bonds. The van der Waals surface area contributed by atoms with Crippen molar-refractivity contribution in [3.8, 4) is 0 Å². The number of carbonyl (C=O) groups is 1. The summed E-state index contributed by atoms with van der Waals surface area (Å²) in [7, 11) is 0. The van der Waals surface area contributed by atoms with Crippen molar-refractivity contribution in [2.75, 3.05) is 5.32 Å². The predicted molar refractivity (Wildman–Crippen MR) is 79.3 cm³/mol. The molecule has 0 saturated heterocycles. The zero-order valence-corrected chi connectivity index (χ0v) is 11.8. The number of halogens is 1. The summed E-state index contributed by atoms with van der Waals surface area (Å²) in [4.78, 5) is 15.1. The summed E-state index contributed by atoms with van der Waals surface area (Å²) in [5, 5.41) is 12.4. The SMILES string of the molecule is CCC(Nc1cc(C(=O)O)cc(Cl)n1)c1ccccc1.